The second-order valence-electron chi connectivity index (χ2n) is 14.1. The van der Waals surface area contributed by atoms with Crippen LogP contribution in [0.2, 0.25) is 0 Å². The second kappa shape index (κ2) is 31.8. The Kier molecular flexibility index (Phi) is 27.7. The Morgan fingerprint density at radius 1 is 0.875 bits per heavy atom. The van der Waals surface area contributed by atoms with Crippen LogP contribution in [-0.4, -0.2) is 74.9 Å². The number of nitrogens with one attached hydrogen (secondary N) is 1. The van der Waals surface area contributed by atoms with Crippen molar-refractivity contribution in [2.75, 3.05) is 52.7 Å². The van der Waals surface area contributed by atoms with E-state index in [4.69, 9.17) is 39.0 Å². The van der Waals surface area contributed by atoms with Gasteiger partial charge in [0.1, 0.15) is 36.1 Å². The lowest BCUT2D eigenvalue weighted by molar-refractivity contribution is -0.0489. The van der Waals surface area contributed by atoms with Gasteiger partial charge in [-0.1, -0.05) is 109 Å². The molecular weight excluding hydrogens is 731 g/mol. The van der Waals surface area contributed by atoms with Crippen molar-refractivity contribution in [2.24, 2.45) is 10.7 Å². The van der Waals surface area contributed by atoms with Gasteiger partial charge in [0.05, 0.1) is 45.2 Å². The molecule has 2 heterocycles. The minimum atomic E-state index is -2.16. The summed E-state index contributed by atoms with van der Waals surface area (Å²) in [6, 6.07) is 11.4. The van der Waals surface area contributed by atoms with Gasteiger partial charge in [0.15, 0.2) is 0 Å². The maximum atomic E-state index is 10.6. The summed E-state index contributed by atoms with van der Waals surface area (Å²) in [5, 5.41) is 15.8. The molecule has 0 saturated heterocycles. The lowest BCUT2D eigenvalue weighted by Crippen LogP contribution is -2.32. The fraction of sp³-hybridized carbons (Fsp3) is 0.690. The predicted molar refractivity (Wildman–Crippen MR) is 223 cm³/mol. The van der Waals surface area contributed by atoms with Crippen molar-refractivity contribution < 1.29 is 32.9 Å². The molecule has 0 radical (unpaired) electrons. The molecule has 0 spiro atoms. The van der Waals surface area contributed by atoms with Crippen LogP contribution in [-0.2, 0) is 36.3 Å². The zero-order valence-electron chi connectivity index (χ0n) is 34.3. The molecule has 13 nitrogen and oxygen atoms in total. The quantitative estimate of drug-likeness (QED) is 0.0464. The molecule has 1 aliphatic rings. The van der Waals surface area contributed by atoms with Crippen LogP contribution in [0.25, 0.3) is 0 Å². The molecule has 0 bridgehead atoms. The zero-order valence-corrected chi connectivity index (χ0v) is 35.2. The highest BCUT2D eigenvalue weighted by Crippen LogP contribution is 2.34. The molecular formula is C42H69N6O7P. The van der Waals surface area contributed by atoms with Crippen LogP contribution < -0.4 is 15.9 Å². The van der Waals surface area contributed by atoms with Gasteiger partial charge in [-0.3, -0.25) is 4.68 Å². The molecule has 3 atom stereocenters. The number of nitrogens with zero attached hydrogens (tertiary/aromatic N) is 4. The molecule has 1 aromatic carbocycles. The Hall–Kier alpha value is -3.26. The Bertz CT molecular complexity index is 1400. The van der Waals surface area contributed by atoms with Gasteiger partial charge in [-0.05, 0) is 49.1 Å². The molecule has 0 saturated carbocycles. The van der Waals surface area contributed by atoms with E-state index in [1.54, 1.807) is 19.2 Å². The number of hydrogen-bond acceptors (Lipinski definition) is 12. The summed E-state index contributed by atoms with van der Waals surface area (Å²) in [4.78, 5) is 14.8. The predicted octanol–water partition coefficient (Wildman–Crippen LogP) is 8.79. The molecule has 314 valence electrons. The van der Waals surface area contributed by atoms with Crippen molar-refractivity contribution >= 4 is 14.4 Å². The van der Waals surface area contributed by atoms with E-state index in [1.165, 1.54) is 97.0 Å². The number of hydrogen-bond donors (Lipinski definition) is 3. The summed E-state index contributed by atoms with van der Waals surface area (Å²) in [6.45, 7) is 7.71. The van der Waals surface area contributed by atoms with Crippen LogP contribution >= 0.6 is 8.60 Å². The number of amidine groups is 1. The van der Waals surface area contributed by atoms with E-state index in [2.05, 4.69) is 30.0 Å². The van der Waals surface area contributed by atoms with E-state index in [0.29, 0.717) is 43.5 Å². The molecule has 3 rings (SSSR count). The first kappa shape index (κ1) is 48.9. The van der Waals surface area contributed by atoms with Gasteiger partial charge in [-0.15, -0.1) is 0 Å². The van der Waals surface area contributed by atoms with Crippen LogP contribution in [0.15, 0.2) is 35.3 Å². The number of aromatic nitrogens is 1. The maximum Gasteiger partial charge on any atom is 0.330 e. The van der Waals surface area contributed by atoms with Gasteiger partial charge >= 0.3 is 8.60 Å². The number of unbranched alkanes of at least 4 members (excludes halogenated alkanes) is 15. The standard InChI is InChI=1S/C41H68N5O7P.CHN/c1-4-5-6-7-8-9-10-11-12-13-14-15-16-17-18-19-26-50-30-38(51-29-34-20-21-35(28-42)40(27-34)49-3)32-53-54(47)52-31-37(48-2)24-22-36-23-25-39-41(43)44-33-45-46(36)39;1-2/h20-21,23,25,27,37-38,45,47H,4-19,22,24,26,29-33H2,1-3H3,(H2,43,44);1H. The summed E-state index contributed by atoms with van der Waals surface area (Å²) in [5.74, 6) is 1.01. The molecule has 0 fully saturated rings. The third-order valence-corrected chi connectivity index (χ3v) is 10.6. The Morgan fingerprint density at radius 3 is 2.07 bits per heavy atom. The van der Waals surface area contributed by atoms with Crippen LogP contribution in [0.3, 0.4) is 0 Å². The van der Waals surface area contributed by atoms with Crippen molar-refractivity contribution in [3.8, 4) is 18.4 Å². The number of aryl methyl sites for hydroxylation is 1. The van der Waals surface area contributed by atoms with E-state index in [1.807, 2.05) is 22.9 Å². The average molecular weight is 801 g/mol. The van der Waals surface area contributed by atoms with Gasteiger partial charge in [0.2, 0.25) is 0 Å². The van der Waals surface area contributed by atoms with E-state index in [0.717, 1.165) is 36.2 Å². The fourth-order valence-corrected chi connectivity index (χ4v) is 7.15. The summed E-state index contributed by atoms with van der Waals surface area (Å²) in [7, 11) is 1.01. The van der Waals surface area contributed by atoms with Crippen LogP contribution in [0.5, 0.6) is 5.75 Å². The molecule has 0 aliphatic carbocycles. The number of ether oxygens (including phenoxy) is 4. The van der Waals surface area contributed by atoms with E-state index in [9.17, 15) is 10.2 Å². The Balaban J connectivity index is 0.00000532. The highest BCUT2D eigenvalue weighted by Gasteiger charge is 2.20. The van der Waals surface area contributed by atoms with E-state index >= 15 is 0 Å². The van der Waals surface area contributed by atoms with Crippen molar-refractivity contribution in [1.29, 1.82) is 10.5 Å². The number of nitriles is 2. The normalized spacial score (nSPS) is 13.7. The van der Waals surface area contributed by atoms with Crippen molar-refractivity contribution in [1.82, 2.24) is 4.68 Å². The highest BCUT2D eigenvalue weighted by atomic mass is 31.2. The molecule has 4 N–H and O–H groups in total. The summed E-state index contributed by atoms with van der Waals surface area (Å²) in [6.07, 6.45) is 22.0. The minimum absolute atomic E-state index is 0.0944. The topological polar surface area (TPSA) is 179 Å². The first-order valence-electron chi connectivity index (χ1n) is 20.5. The number of methoxy groups -OCH3 is 2. The largest absolute Gasteiger partial charge is 0.495 e. The smallest absolute Gasteiger partial charge is 0.330 e. The van der Waals surface area contributed by atoms with Crippen molar-refractivity contribution in [3.05, 3.63) is 52.8 Å². The monoisotopic (exact) mass is 800 g/mol. The van der Waals surface area contributed by atoms with Gasteiger partial charge in [0.25, 0.3) is 0 Å². The third kappa shape index (κ3) is 20.2. The Labute approximate surface area is 337 Å². The first-order chi connectivity index (χ1) is 27.5. The zero-order chi connectivity index (χ0) is 40.6. The molecule has 56 heavy (non-hydrogen) atoms. The number of benzene rings is 1. The maximum absolute atomic E-state index is 10.6. The summed E-state index contributed by atoms with van der Waals surface area (Å²) < 4.78 is 36.5. The van der Waals surface area contributed by atoms with Crippen LogP contribution in [0, 0.1) is 23.2 Å². The number of fused-ring (bicyclic) bond motifs is 1. The van der Waals surface area contributed by atoms with Gasteiger partial charge < -0.3 is 44.0 Å². The minimum Gasteiger partial charge on any atom is -0.495 e. The molecule has 14 heteroatoms. The number of nitrogens with two attached hydrogens (primary N) is 1. The van der Waals surface area contributed by atoms with Crippen LogP contribution in [0.4, 0.5) is 0 Å². The molecule has 3 unspecified atom stereocenters. The third-order valence-electron chi connectivity index (χ3n) is 9.82. The highest BCUT2D eigenvalue weighted by molar-refractivity contribution is 7.40. The Morgan fingerprint density at radius 2 is 1.48 bits per heavy atom. The summed E-state index contributed by atoms with van der Waals surface area (Å²) >= 11 is 0. The molecule has 1 aliphatic heterocycles. The number of aliphatic imine (C=N–C) groups is 1. The first-order valence-corrected chi connectivity index (χ1v) is 21.7. The van der Waals surface area contributed by atoms with Crippen molar-refractivity contribution in [3.63, 3.8) is 0 Å². The molecule has 2 aromatic rings. The van der Waals surface area contributed by atoms with Crippen molar-refractivity contribution in [2.45, 2.75) is 141 Å². The molecule has 0 amide bonds. The van der Waals surface area contributed by atoms with Gasteiger partial charge in [-0.2, -0.15) is 5.26 Å². The molecule has 1 aromatic heterocycles. The van der Waals surface area contributed by atoms with Crippen LogP contribution in [0.1, 0.15) is 139 Å². The van der Waals surface area contributed by atoms with Gasteiger partial charge in [-0.25, -0.2) is 10.3 Å². The summed E-state index contributed by atoms with van der Waals surface area (Å²) in [5.41, 5.74) is 12.4. The SMILES string of the molecule is C#N.CCCCCCCCCCCCCCCCCCOCC(COP(O)OCC(CCc1ccc2n1NCN=C2N)OC)OCc1ccc(C#N)c(OC)c1. The number of rotatable bonds is 33. The fourth-order valence-electron chi connectivity index (χ4n) is 6.49. The van der Waals surface area contributed by atoms with Gasteiger partial charge in [0, 0.05) is 26.0 Å². The second-order valence-corrected chi connectivity index (χ2v) is 15.1. The average Bonchev–Trinajstić information content (AvgIpc) is 3.65. The van der Waals surface area contributed by atoms with E-state index in [-0.39, 0.29) is 25.9 Å². The van der Waals surface area contributed by atoms with E-state index < -0.39 is 14.7 Å². The lowest BCUT2D eigenvalue weighted by atomic mass is 10.0. The lowest BCUT2D eigenvalue weighted by Gasteiger charge is -2.22.